The van der Waals surface area contributed by atoms with Crippen molar-refractivity contribution in [3.05, 3.63) is 101 Å². The quantitative estimate of drug-likeness (QED) is 0.527. The van der Waals surface area contributed by atoms with E-state index in [1.54, 1.807) is 0 Å². The van der Waals surface area contributed by atoms with E-state index in [2.05, 4.69) is 83.1 Å². The first kappa shape index (κ1) is 15.2. The molecule has 5 rings (SSSR count). The Morgan fingerprint density at radius 3 is 2.50 bits per heavy atom. The molecule has 2 nitrogen and oxygen atoms in total. The first-order valence-corrected chi connectivity index (χ1v) is 8.95. The summed E-state index contributed by atoms with van der Waals surface area (Å²) < 4.78 is 0. The number of H-pyrrole nitrogens is 1. The van der Waals surface area contributed by atoms with Gasteiger partial charge in [0.05, 0.1) is 11.1 Å². The third-order valence-corrected chi connectivity index (χ3v) is 5.10. The zero-order chi connectivity index (χ0) is 17.5. The molecule has 3 heteroatoms. The van der Waals surface area contributed by atoms with Crippen LogP contribution in [0.5, 0.6) is 0 Å². The molecule has 0 atom stereocenters. The van der Waals surface area contributed by atoms with Crippen molar-refractivity contribution in [3.8, 4) is 0 Å². The van der Waals surface area contributed by atoms with Crippen LogP contribution in [0.1, 0.15) is 16.7 Å². The molecule has 2 N–H and O–H groups in total. The number of hydrogen-bond acceptors (Lipinski definition) is 0. The molecule has 1 aromatic heterocycles. The van der Waals surface area contributed by atoms with E-state index in [-0.39, 0.29) is 0 Å². The zero-order valence-electron chi connectivity index (χ0n) is 14.0. The van der Waals surface area contributed by atoms with Crippen molar-refractivity contribution < 1.29 is 4.99 Å². The fourth-order valence-corrected chi connectivity index (χ4v) is 3.76. The maximum atomic E-state index is 6.13. The Bertz CT molecular complexity index is 1180. The molecule has 26 heavy (non-hydrogen) atoms. The Morgan fingerprint density at radius 1 is 0.846 bits per heavy atom. The van der Waals surface area contributed by atoms with E-state index in [1.165, 1.54) is 27.7 Å². The molecule has 0 saturated carbocycles. The van der Waals surface area contributed by atoms with Crippen LogP contribution < -0.4 is 4.99 Å². The van der Waals surface area contributed by atoms with E-state index in [4.69, 9.17) is 11.6 Å². The highest BCUT2D eigenvalue weighted by atomic mass is 35.5. The van der Waals surface area contributed by atoms with Crippen LogP contribution in [0.3, 0.4) is 0 Å². The number of halogens is 1. The predicted molar refractivity (Wildman–Crippen MR) is 109 cm³/mol. The number of aromatic amines is 1. The molecule has 0 bridgehead atoms. The summed E-state index contributed by atoms with van der Waals surface area (Å²) in [6.45, 7) is 0. The lowest BCUT2D eigenvalue weighted by Crippen LogP contribution is -2.58. The van der Waals surface area contributed by atoms with Gasteiger partial charge in [-0.1, -0.05) is 54.1 Å². The summed E-state index contributed by atoms with van der Waals surface area (Å²) in [5.74, 6) is 0. The molecule has 0 aliphatic carbocycles. The predicted octanol–water partition coefficient (Wildman–Crippen LogP) is 4.58. The van der Waals surface area contributed by atoms with Crippen LogP contribution in [-0.4, -0.2) is 11.2 Å². The van der Waals surface area contributed by atoms with Crippen molar-refractivity contribution >= 4 is 45.6 Å². The molecule has 1 aliphatic heterocycles. The molecule has 0 unspecified atom stereocenters. The summed E-state index contributed by atoms with van der Waals surface area (Å²) in [4.78, 5) is 6.81. The summed E-state index contributed by atoms with van der Waals surface area (Å²) in [5.41, 5.74) is 8.19. The van der Waals surface area contributed by atoms with Gasteiger partial charge in [-0.05, 0) is 29.8 Å². The Labute approximate surface area is 156 Å². The molecule has 0 fully saturated rings. The number of hydrogen-bond donors (Lipinski definition) is 2. The highest BCUT2D eigenvalue weighted by molar-refractivity contribution is 6.30. The van der Waals surface area contributed by atoms with Crippen LogP contribution in [0.15, 0.2) is 79.0 Å². The highest BCUT2D eigenvalue weighted by Crippen LogP contribution is 2.37. The van der Waals surface area contributed by atoms with Gasteiger partial charge in [0.25, 0.3) is 0 Å². The number of fused-ring (bicyclic) bond motifs is 2. The molecule has 1 aliphatic rings. The topological polar surface area (TPSA) is 29.8 Å². The van der Waals surface area contributed by atoms with Crippen LogP contribution in [0.25, 0.3) is 22.0 Å². The van der Waals surface area contributed by atoms with E-state index in [0.29, 0.717) is 0 Å². The van der Waals surface area contributed by atoms with Crippen molar-refractivity contribution in [3.63, 3.8) is 0 Å². The van der Waals surface area contributed by atoms with Crippen molar-refractivity contribution in [2.24, 2.45) is 0 Å². The van der Waals surface area contributed by atoms with Gasteiger partial charge >= 0.3 is 0 Å². The summed E-state index contributed by atoms with van der Waals surface area (Å²) >= 11 is 6.13. The molecule has 2 heterocycles. The number of nitrogens with one attached hydrogen (secondary N) is 2. The Balaban J connectivity index is 1.85. The first-order chi connectivity index (χ1) is 12.8. The van der Waals surface area contributed by atoms with Crippen molar-refractivity contribution in [2.75, 3.05) is 0 Å². The molecule has 0 amide bonds. The molecular weight excluding hydrogens is 340 g/mol. The van der Waals surface area contributed by atoms with E-state index in [0.717, 1.165) is 21.8 Å². The van der Waals surface area contributed by atoms with E-state index in [1.807, 2.05) is 12.1 Å². The fourth-order valence-electron chi connectivity index (χ4n) is 3.63. The molecule has 0 saturated heterocycles. The lowest BCUT2D eigenvalue weighted by atomic mass is 9.90. The maximum Gasteiger partial charge on any atom is 0.211 e. The minimum absolute atomic E-state index is 0.742. The van der Waals surface area contributed by atoms with Gasteiger partial charge < -0.3 is 4.98 Å². The van der Waals surface area contributed by atoms with Gasteiger partial charge in [0.15, 0.2) is 6.21 Å². The number of benzene rings is 3. The SMILES string of the molecule is Clc1ccc(/C(=C2/C=[NH+]c3ccccc32)c2c[nH]c3ccccc23)cc1. The third-order valence-electron chi connectivity index (χ3n) is 4.85. The number of rotatable bonds is 2. The second kappa shape index (κ2) is 6.01. The monoisotopic (exact) mass is 355 g/mol. The van der Waals surface area contributed by atoms with Crippen molar-refractivity contribution in [2.45, 2.75) is 0 Å². The molecule has 3 aromatic carbocycles. The van der Waals surface area contributed by atoms with Gasteiger partial charge in [-0.15, -0.1) is 0 Å². The van der Waals surface area contributed by atoms with Crippen LogP contribution in [0.4, 0.5) is 5.69 Å². The van der Waals surface area contributed by atoms with Crippen LogP contribution in [-0.2, 0) is 0 Å². The standard InChI is InChI=1S/C23H15ClN2/c24-16-11-9-15(10-12-16)23(19-13-25-21-7-3-1-5-17(19)21)20-14-26-22-8-4-2-6-18(20)22/h1-14,25H/p+1/b23-20+. The number of allylic oxidation sites excluding steroid dienone is 1. The van der Waals surface area contributed by atoms with Gasteiger partial charge in [-0.2, -0.15) is 0 Å². The van der Waals surface area contributed by atoms with Crippen LogP contribution in [0.2, 0.25) is 5.02 Å². The second-order valence-electron chi connectivity index (χ2n) is 6.38. The normalized spacial score (nSPS) is 14.7. The molecular formula is C23H16ClN2+. The fraction of sp³-hybridized carbons (Fsp3) is 0. The molecule has 0 radical (unpaired) electrons. The smallest absolute Gasteiger partial charge is 0.211 e. The van der Waals surface area contributed by atoms with E-state index in [9.17, 15) is 0 Å². The summed E-state index contributed by atoms with van der Waals surface area (Å²) in [7, 11) is 0. The molecule has 124 valence electrons. The lowest BCUT2D eigenvalue weighted by Gasteiger charge is -2.10. The van der Waals surface area contributed by atoms with Gasteiger partial charge in [0.1, 0.15) is 0 Å². The minimum atomic E-state index is 0.742. The largest absolute Gasteiger partial charge is 0.361 e. The third kappa shape index (κ3) is 2.39. The van der Waals surface area contributed by atoms with Gasteiger partial charge in [-0.25, -0.2) is 4.99 Å². The Kier molecular flexibility index (Phi) is 3.51. The van der Waals surface area contributed by atoms with Gasteiger partial charge in [-0.3, -0.25) is 0 Å². The van der Waals surface area contributed by atoms with E-state index >= 15 is 0 Å². The molecule has 4 aromatic rings. The Hall–Kier alpha value is -3.10. The van der Waals surface area contributed by atoms with Crippen LogP contribution >= 0.6 is 11.6 Å². The second-order valence-corrected chi connectivity index (χ2v) is 6.81. The Morgan fingerprint density at radius 2 is 1.62 bits per heavy atom. The summed E-state index contributed by atoms with van der Waals surface area (Å²) in [6.07, 6.45) is 4.19. The van der Waals surface area contributed by atoms with Gasteiger partial charge in [0.2, 0.25) is 5.69 Å². The number of aromatic nitrogens is 1. The first-order valence-electron chi connectivity index (χ1n) is 8.57. The maximum absolute atomic E-state index is 6.13. The van der Waals surface area contributed by atoms with Crippen LogP contribution in [0, 0.1) is 0 Å². The average Bonchev–Trinajstić information content (AvgIpc) is 3.29. The highest BCUT2D eigenvalue weighted by Gasteiger charge is 2.24. The minimum Gasteiger partial charge on any atom is -0.361 e. The summed E-state index contributed by atoms with van der Waals surface area (Å²) in [6, 6.07) is 24.8. The summed E-state index contributed by atoms with van der Waals surface area (Å²) in [5, 5.41) is 1.95. The number of para-hydroxylation sites is 2. The molecule has 0 spiro atoms. The van der Waals surface area contributed by atoms with Crippen molar-refractivity contribution in [1.82, 2.24) is 4.98 Å². The van der Waals surface area contributed by atoms with E-state index < -0.39 is 0 Å². The van der Waals surface area contributed by atoms with Gasteiger partial charge in [0, 0.05) is 39.3 Å². The lowest BCUT2D eigenvalue weighted by molar-refractivity contribution is -0.342. The zero-order valence-corrected chi connectivity index (χ0v) is 14.7. The van der Waals surface area contributed by atoms with Crippen molar-refractivity contribution in [1.29, 1.82) is 0 Å². The average molecular weight is 356 g/mol.